The largest absolute Gasteiger partial charge is 0.454 e. The predicted molar refractivity (Wildman–Crippen MR) is 93.7 cm³/mol. The van der Waals surface area contributed by atoms with E-state index in [1.54, 1.807) is 36.0 Å². The van der Waals surface area contributed by atoms with Crippen molar-refractivity contribution in [2.75, 3.05) is 11.6 Å². The van der Waals surface area contributed by atoms with E-state index in [0.29, 0.717) is 11.3 Å². The van der Waals surface area contributed by atoms with E-state index in [1.807, 2.05) is 25.1 Å². The Bertz CT molecular complexity index is 705. The second kappa shape index (κ2) is 7.68. The van der Waals surface area contributed by atoms with Crippen LogP contribution >= 0.6 is 11.8 Å². The topological polar surface area (TPSA) is 50.4 Å². The van der Waals surface area contributed by atoms with Crippen molar-refractivity contribution >= 4 is 17.7 Å². The number of carbonyl (C=O) groups excluding carboxylic acids is 1. The molecule has 0 saturated carbocycles. The van der Waals surface area contributed by atoms with E-state index in [9.17, 15) is 9.18 Å². The van der Waals surface area contributed by atoms with Gasteiger partial charge in [0.15, 0.2) is 11.6 Å². The van der Waals surface area contributed by atoms with E-state index in [0.717, 1.165) is 11.6 Å². The van der Waals surface area contributed by atoms with Gasteiger partial charge in [-0.25, -0.2) is 4.39 Å². The van der Waals surface area contributed by atoms with Crippen LogP contribution in [0.15, 0.2) is 48.5 Å². The lowest BCUT2D eigenvalue weighted by Gasteiger charge is -2.18. The number of benzene rings is 2. The molecule has 4 nitrogen and oxygen atoms in total. The molecule has 0 bridgehead atoms. The summed E-state index contributed by atoms with van der Waals surface area (Å²) in [5.41, 5.74) is 0.701. The van der Waals surface area contributed by atoms with Gasteiger partial charge in [-0.3, -0.25) is 10.1 Å². The van der Waals surface area contributed by atoms with E-state index in [1.165, 1.54) is 6.07 Å². The van der Waals surface area contributed by atoms with Gasteiger partial charge in [-0.15, -0.1) is 11.8 Å². The third kappa shape index (κ3) is 4.07. The van der Waals surface area contributed by atoms with Crippen molar-refractivity contribution in [2.45, 2.75) is 19.0 Å². The number of ether oxygens (including phenoxy) is 1. The molecule has 1 saturated heterocycles. The van der Waals surface area contributed by atoms with Crippen LogP contribution in [0.2, 0.25) is 0 Å². The minimum absolute atomic E-state index is 0.0579. The second-order valence-electron chi connectivity index (χ2n) is 5.61. The van der Waals surface area contributed by atoms with Crippen molar-refractivity contribution in [1.29, 1.82) is 0 Å². The first-order valence-electron chi connectivity index (χ1n) is 7.77. The van der Waals surface area contributed by atoms with Gasteiger partial charge in [-0.2, -0.15) is 0 Å². The SMILES string of the molecule is CC(NC(=O)C1CSCN1)c1ccc(Oc2ccccc2)c(F)c1. The monoisotopic (exact) mass is 346 g/mol. The summed E-state index contributed by atoms with van der Waals surface area (Å²) in [7, 11) is 0. The van der Waals surface area contributed by atoms with Crippen molar-refractivity contribution in [1.82, 2.24) is 10.6 Å². The molecular formula is C18H19FN2O2S. The molecule has 2 N–H and O–H groups in total. The lowest BCUT2D eigenvalue weighted by atomic mass is 10.1. The fourth-order valence-electron chi connectivity index (χ4n) is 2.45. The number of thioether (sulfide) groups is 1. The Morgan fingerprint density at radius 3 is 2.79 bits per heavy atom. The summed E-state index contributed by atoms with van der Waals surface area (Å²) in [6, 6.07) is 13.4. The van der Waals surface area contributed by atoms with E-state index >= 15 is 0 Å². The molecule has 0 aromatic heterocycles. The number of para-hydroxylation sites is 1. The van der Waals surface area contributed by atoms with Crippen LogP contribution < -0.4 is 15.4 Å². The summed E-state index contributed by atoms with van der Waals surface area (Å²) < 4.78 is 19.8. The van der Waals surface area contributed by atoms with E-state index in [2.05, 4.69) is 10.6 Å². The van der Waals surface area contributed by atoms with Crippen LogP contribution in [0, 0.1) is 5.82 Å². The highest BCUT2D eigenvalue weighted by Gasteiger charge is 2.24. The van der Waals surface area contributed by atoms with Gasteiger partial charge in [0.2, 0.25) is 5.91 Å². The normalized spacial score (nSPS) is 18.2. The molecule has 6 heteroatoms. The van der Waals surface area contributed by atoms with Crippen molar-refractivity contribution in [3.63, 3.8) is 0 Å². The Balaban J connectivity index is 1.66. The van der Waals surface area contributed by atoms with Crippen LogP contribution in [0.1, 0.15) is 18.5 Å². The van der Waals surface area contributed by atoms with Gasteiger partial charge in [0.05, 0.1) is 12.1 Å². The maximum absolute atomic E-state index is 14.3. The number of rotatable bonds is 5. The zero-order chi connectivity index (χ0) is 16.9. The average molecular weight is 346 g/mol. The maximum Gasteiger partial charge on any atom is 0.238 e. The highest BCUT2D eigenvalue weighted by Crippen LogP contribution is 2.27. The standard InChI is InChI=1S/C18H19FN2O2S/c1-12(21-18(22)16-10-24-11-20-16)13-7-8-17(15(19)9-13)23-14-5-3-2-4-6-14/h2-9,12,16,20H,10-11H2,1H3,(H,21,22). The summed E-state index contributed by atoms with van der Waals surface area (Å²) in [6.07, 6.45) is 0. The Hall–Kier alpha value is -2.05. The first kappa shape index (κ1) is 16.8. The smallest absolute Gasteiger partial charge is 0.238 e. The zero-order valence-electron chi connectivity index (χ0n) is 13.3. The lowest BCUT2D eigenvalue weighted by Crippen LogP contribution is -2.42. The lowest BCUT2D eigenvalue weighted by molar-refractivity contribution is -0.123. The Labute approximate surface area is 144 Å². The molecule has 2 aromatic carbocycles. The Kier molecular flexibility index (Phi) is 5.37. The van der Waals surface area contributed by atoms with E-state index < -0.39 is 5.82 Å². The van der Waals surface area contributed by atoms with Gasteiger partial charge in [0, 0.05) is 11.6 Å². The molecule has 1 aliphatic rings. The third-order valence-corrected chi connectivity index (χ3v) is 4.76. The quantitative estimate of drug-likeness (QED) is 0.871. The van der Waals surface area contributed by atoms with Gasteiger partial charge >= 0.3 is 0 Å². The number of amides is 1. The van der Waals surface area contributed by atoms with Crippen molar-refractivity contribution in [3.05, 3.63) is 59.9 Å². The summed E-state index contributed by atoms with van der Waals surface area (Å²) in [6.45, 7) is 1.84. The average Bonchev–Trinajstić information content (AvgIpc) is 3.12. The second-order valence-corrected chi connectivity index (χ2v) is 6.64. The van der Waals surface area contributed by atoms with Crippen LogP contribution in [-0.4, -0.2) is 23.6 Å². The molecule has 1 heterocycles. The highest BCUT2D eigenvalue weighted by atomic mass is 32.2. The molecule has 2 unspecified atom stereocenters. The van der Waals surface area contributed by atoms with Crippen LogP contribution in [0.5, 0.6) is 11.5 Å². The molecule has 0 aliphatic carbocycles. The number of carbonyl (C=O) groups is 1. The molecule has 1 aliphatic heterocycles. The zero-order valence-corrected chi connectivity index (χ0v) is 14.1. The molecule has 1 amide bonds. The summed E-state index contributed by atoms with van der Waals surface area (Å²) in [5.74, 6) is 1.78. The van der Waals surface area contributed by atoms with Crippen LogP contribution in [0.25, 0.3) is 0 Å². The Morgan fingerprint density at radius 1 is 1.33 bits per heavy atom. The summed E-state index contributed by atoms with van der Waals surface area (Å²) in [5, 5.41) is 6.03. The molecule has 0 radical (unpaired) electrons. The number of hydrogen-bond donors (Lipinski definition) is 2. The first-order chi connectivity index (χ1) is 11.6. The van der Waals surface area contributed by atoms with Gasteiger partial charge in [0.1, 0.15) is 5.75 Å². The predicted octanol–water partition coefficient (Wildman–Crippen LogP) is 3.46. The number of hydrogen-bond acceptors (Lipinski definition) is 4. The Morgan fingerprint density at radius 2 is 2.12 bits per heavy atom. The molecule has 2 atom stereocenters. The maximum atomic E-state index is 14.3. The van der Waals surface area contributed by atoms with Crippen molar-refractivity contribution in [2.24, 2.45) is 0 Å². The van der Waals surface area contributed by atoms with E-state index in [4.69, 9.17) is 4.74 Å². The molecule has 3 rings (SSSR count). The molecular weight excluding hydrogens is 327 g/mol. The molecule has 1 fully saturated rings. The van der Waals surface area contributed by atoms with Gasteiger partial charge < -0.3 is 10.1 Å². The number of halogens is 1. The summed E-state index contributed by atoms with van der Waals surface area (Å²) in [4.78, 5) is 12.1. The minimum atomic E-state index is -0.452. The molecule has 0 spiro atoms. The van der Waals surface area contributed by atoms with E-state index in [-0.39, 0.29) is 23.7 Å². The van der Waals surface area contributed by atoms with Crippen molar-refractivity contribution < 1.29 is 13.9 Å². The van der Waals surface area contributed by atoms with Crippen molar-refractivity contribution in [3.8, 4) is 11.5 Å². The molecule has 126 valence electrons. The fourth-order valence-corrected chi connectivity index (χ4v) is 3.39. The van der Waals surface area contributed by atoms with Crippen LogP contribution in [0.4, 0.5) is 4.39 Å². The molecule has 2 aromatic rings. The minimum Gasteiger partial charge on any atom is -0.454 e. The molecule has 24 heavy (non-hydrogen) atoms. The summed E-state index contributed by atoms with van der Waals surface area (Å²) >= 11 is 1.69. The third-order valence-electron chi connectivity index (χ3n) is 3.82. The van der Waals surface area contributed by atoms with Crippen LogP contribution in [-0.2, 0) is 4.79 Å². The van der Waals surface area contributed by atoms with Gasteiger partial charge in [-0.1, -0.05) is 24.3 Å². The highest BCUT2D eigenvalue weighted by molar-refractivity contribution is 7.99. The van der Waals surface area contributed by atoms with Crippen LogP contribution in [0.3, 0.4) is 0 Å². The van der Waals surface area contributed by atoms with Gasteiger partial charge in [0.25, 0.3) is 0 Å². The number of nitrogens with one attached hydrogen (secondary N) is 2. The van der Waals surface area contributed by atoms with Gasteiger partial charge in [-0.05, 0) is 36.8 Å². The fraction of sp³-hybridized carbons (Fsp3) is 0.278. The first-order valence-corrected chi connectivity index (χ1v) is 8.93.